The van der Waals surface area contributed by atoms with Gasteiger partial charge in [0.05, 0.1) is 6.61 Å². The number of benzene rings is 2. The zero-order valence-electron chi connectivity index (χ0n) is 15.5. The first-order chi connectivity index (χ1) is 13.6. The van der Waals surface area contributed by atoms with Crippen LogP contribution in [0.5, 0.6) is 0 Å². The van der Waals surface area contributed by atoms with E-state index in [9.17, 15) is 14.7 Å². The fourth-order valence-corrected chi connectivity index (χ4v) is 2.94. The second-order valence-corrected chi connectivity index (χ2v) is 6.20. The normalized spacial score (nSPS) is 11.8. The zero-order valence-corrected chi connectivity index (χ0v) is 15.5. The van der Waals surface area contributed by atoms with Crippen LogP contribution in [0, 0.1) is 0 Å². The summed E-state index contributed by atoms with van der Waals surface area (Å²) in [6, 6.07) is 18.1. The van der Waals surface area contributed by atoms with Crippen LogP contribution in [-0.4, -0.2) is 28.0 Å². The van der Waals surface area contributed by atoms with Crippen LogP contribution in [0.2, 0.25) is 0 Å². The Labute approximate surface area is 163 Å². The lowest BCUT2D eigenvalue weighted by Crippen LogP contribution is -2.08. The minimum atomic E-state index is -0.913. The van der Waals surface area contributed by atoms with Crippen LogP contribution in [0.1, 0.15) is 18.1 Å². The molecule has 0 aliphatic rings. The summed E-state index contributed by atoms with van der Waals surface area (Å²) in [5, 5.41) is 10.6. The molecule has 2 aromatic carbocycles. The first-order valence-corrected chi connectivity index (χ1v) is 9.00. The van der Waals surface area contributed by atoms with Crippen molar-refractivity contribution in [3.63, 3.8) is 0 Å². The lowest BCUT2D eigenvalue weighted by atomic mass is 10.1. The molecule has 0 spiro atoms. The van der Waals surface area contributed by atoms with Crippen LogP contribution in [0.25, 0.3) is 17.0 Å². The molecular weight excluding hydrogens is 354 g/mol. The maximum absolute atomic E-state index is 12.0. The van der Waals surface area contributed by atoms with Gasteiger partial charge in [-0.05, 0) is 30.7 Å². The highest BCUT2D eigenvalue weighted by Gasteiger charge is 2.10. The quantitative estimate of drug-likeness (QED) is 0.380. The Balaban J connectivity index is 1.85. The van der Waals surface area contributed by atoms with Gasteiger partial charge in [0.25, 0.3) is 0 Å². The molecule has 0 aliphatic heterocycles. The van der Waals surface area contributed by atoms with Crippen molar-refractivity contribution < 1.29 is 19.4 Å². The van der Waals surface area contributed by atoms with E-state index in [0.29, 0.717) is 6.54 Å². The van der Waals surface area contributed by atoms with Gasteiger partial charge in [0.2, 0.25) is 5.76 Å². The average Bonchev–Trinajstić information content (AvgIpc) is 3.05. The summed E-state index contributed by atoms with van der Waals surface area (Å²) < 4.78 is 6.77. The monoisotopic (exact) mass is 375 g/mol. The van der Waals surface area contributed by atoms with Crippen molar-refractivity contribution in [2.75, 3.05) is 6.61 Å². The molecule has 0 unspecified atom stereocenters. The van der Waals surface area contributed by atoms with E-state index in [1.54, 1.807) is 13.0 Å². The van der Waals surface area contributed by atoms with E-state index >= 15 is 0 Å². The molecule has 3 aromatic rings. The van der Waals surface area contributed by atoms with Gasteiger partial charge in [-0.15, -0.1) is 0 Å². The van der Waals surface area contributed by atoms with Crippen molar-refractivity contribution in [2.24, 2.45) is 0 Å². The molecule has 0 saturated carbocycles. The molecule has 3 rings (SSSR count). The molecule has 142 valence electrons. The van der Waals surface area contributed by atoms with Crippen molar-refractivity contribution in [1.29, 1.82) is 0 Å². The van der Waals surface area contributed by atoms with Crippen molar-refractivity contribution in [3.05, 3.63) is 89.8 Å². The summed E-state index contributed by atoms with van der Waals surface area (Å²) in [6.45, 7) is 2.46. The van der Waals surface area contributed by atoms with Gasteiger partial charge in [-0.25, -0.2) is 4.79 Å². The second kappa shape index (κ2) is 8.86. The number of ketones is 1. The lowest BCUT2D eigenvalue weighted by Gasteiger charge is -2.05. The zero-order chi connectivity index (χ0) is 19.9. The standard InChI is InChI=1S/C23H21NO4/c1-2-28-23(27)22(26)14-19(25)13-12-18-16-24(15-17-8-4-3-5-9-17)21-11-7-6-10-20(18)21/h3-14,16,26H,2,15H2,1H3/b13-12+,22-14-. The topological polar surface area (TPSA) is 68.5 Å². The summed E-state index contributed by atoms with van der Waals surface area (Å²) in [7, 11) is 0. The summed E-state index contributed by atoms with van der Waals surface area (Å²) in [5.41, 5.74) is 3.12. The number of carbonyl (C=O) groups excluding carboxylic acids is 2. The number of aliphatic hydroxyl groups excluding tert-OH is 1. The highest BCUT2D eigenvalue weighted by Crippen LogP contribution is 2.23. The number of hydrogen-bond donors (Lipinski definition) is 1. The predicted octanol–water partition coefficient (Wildman–Crippen LogP) is 4.28. The highest BCUT2D eigenvalue weighted by molar-refractivity contribution is 6.06. The van der Waals surface area contributed by atoms with Crippen molar-refractivity contribution in [1.82, 2.24) is 4.57 Å². The van der Waals surface area contributed by atoms with E-state index in [-0.39, 0.29) is 6.61 Å². The molecular formula is C23H21NO4. The molecule has 1 N–H and O–H groups in total. The Morgan fingerprint density at radius 1 is 1.07 bits per heavy atom. The maximum Gasteiger partial charge on any atom is 0.373 e. The van der Waals surface area contributed by atoms with Crippen LogP contribution in [0.3, 0.4) is 0 Å². The number of esters is 1. The maximum atomic E-state index is 12.0. The first kappa shape index (κ1) is 19.2. The number of rotatable bonds is 7. The summed E-state index contributed by atoms with van der Waals surface area (Å²) in [5.74, 6) is -2.11. The smallest absolute Gasteiger partial charge is 0.373 e. The largest absolute Gasteiger partial charge is 0.502 e. The van der Waals surface area contributed by atoms with Crippen LogP contribution in [0.15, 0.2) is 78.7 Å². The third-order valence-corrected chi connectivity index (χ3v) is 4.21. The van der Waals surface area contributed by atoms with Gasteiger partial charge in [0.1, 0.15) is 0 Å². The number of fused-ring (bicyclic) bond motifs is 1. The molecule has 28 heavy (non-hydrogen) atoms. The fourth-order valence-electron chi connectivity index (χ4n) is 2.94. The van der Waals surface area contributed by atoms with Crippen molar-refractivity contribution in [2.45, 2.75) is 13.5 Å². The Kier molecular flexibility index (Phi) is 6.07. The van der Waals surface area contributed by atoms with Gasteiger partial charge in [-0.2, -0.15) is 0 Å². The van der Waals surface area contributed by atoms with Crippen molar-refractivity contribution >= 4 is 28.7 Å². The molecule has 0 bridgehead atoms. The van der Waals surface area contributed by atoms with Gasteiger partial charge < -0.3 is 14.4 Å². The number of para-hydroxylation sites is 1. The molecule has 0 radical (unpaired) electrons. The average molecular weight is 375 g/mol. The molecule has 0 aliphatic carbocycles. The van der Waals surface area contributed by atoms with Crippen LogP contribution >= 0.6 is 0 Å². The second-order valence-electron chi connectivity index (χ2n) is 6.20. The summed E-state index contributed by atoms with van der Waals surface area (Å²) in [6.07, 6.45) is 5.85. The molecule has 5 heteroatoms. The van der Waals surface area contributed by atoms with E-state index in [1.807, 2.05) is 48.7 Å². The van der Waals surface area contributed by atoms with Gasteiger partial charge >= 0.3 is 5.97 Å². The fraction of sp³-hybridized carbons (Fsp3) is 0.130. The van der Waals surface area contributed by atoms with Gasteiger partial charge in [-0.3, -0.25) is 4.79 Å². The van der Waals surface area contributed by atoms with Gasteiger partial charge in [0.15, 0.2) is 5.78 Å². The minimum absolute atomic E-state index is 0.127. The Morgan fingerprint density at radius 3 is 2.54 bits per heavy atom. The van der Waals surface area contributed by atoms with Crippen LogP contribution in [-0.2, 0) is 20.9 Å². The number of ether oxygens (including phenoxy) is 1. The number of aromatic nitrogens is 1. The summed E-state index contributed by atoms with van der Waals surface area (Å²) >= 11 is 0. The lowest BCUT2D eigenvalue weighted by molar-refractivity contribution is -0.141. The van der Waals surface area contributed by atoms with E-state index in [4.69, 9.17) is 0 Å². The molecule has 1 heterocycles. The predicted molar refractivity (Wildman–Crippen MR) is 109 cm³/mol. The third-order valence-electron chi connectivity index (χ3n) is 4.21. The highest BCUT2D eigenvalue weighted by atomic mass is 16.5. The molecule has 1 aromatic heterocycles. The molecule has 5 nitrogen and oxygen atoms in total. The van der Waals surface area contributed by atoms with Crippen molar-refractivity contribution in [3.8, 4) is 0 Å². The van der Waals surface area contributed by atoms with Crippen LogP contribution < -0.4 is 0 Å². The summed E-state index contributed by atoms with van der Waals surface area (Å²) in [4.78, 5) is 23.4. The molecule has 0 atom stereocenters. The Bertz CT molecular complexity index is 1040. The van der Waals surface area contributed by atoms with E-state index in [2.05, 4.69) is 21.4 Å². The van der Waals surface area contributed by atoms with E-state index < -0.39 is 17.5 Å². The number of hydrogen-bond acceptors (Lipinski definition) is 4. The number of allylic oxidation sites excluding steroid dienone is 2. The SMILES string of the molecule is CCOC(=O)/C(O)=C/C(=O)/C=C/c1cn(Cc2ccccc2)c2ccccc12. The number of aliphatic hydroxyl groups is 1. The van der Waals surface area contributed by atoms with Crippen LogP contribution in [0.4, 0.5) is 0 Å². The first-order valence-electron chi connectivity index (χ1n) is 9.00. The molecule has 0 fully saturated rings. The Hall–Kier alpha value is -3.60. The van der Waals surface area contributed by atoms with E-state index in [0.717, 1.165) is 22.5 Å². The molecule has 0 amide bonds. The third kappa shape index (κ3) is 4.57. The number of carbonyl (C=O) groups is 2. The minimum Gasteiger partial charge on any atom is -0.502 e. The van der Waals surface area contributed by atoms with Gasteiger partial charge in [0, 0.05) is 35.3 Å². The van der Waals surface area contributed by atoms with Gasteiger partial charge in [-0.1, -0.05) is 48.5 Å². The number of nitrogens with zero attached hydrogens (tertiary/aromatic N) is 1. The molecule has 0 saturated heterocycles. The van der Waals surface area contributed by atoms with E-state index in [1.165, 1.54) is 11.6 Å². The Morgan fingerprint density at radius 2 is 1.79 bits per heavy atom.